The zero-order valence-corrected chi connectivity index (χ0v) is 18.2. The lowest BCUT2D eigenvalue weighted by Gasteiger charge is -2.26. The summed E-state index contributed by atoms with van der Waals surface area (Å²) in [5.41, 5.74) is 1.79. The molecule has 8 nitrogen and oxygen atoms in total. The molecule has 164 valence electrons. The third-order valence-corrected chi connectivity index (χ3v) is 5.91. The number of methoxy groups -OCH3 is 1. The first-order chi connectivity index (χ1) is 15.0. The Morgan fingerprint density at radius 2 is 1.81 bits per heavy atom. The van der Waals surface area contributed by atoms with Gasteiger partial charge in [0.2, 0.25) is 11.8 Å². The van der Waals surface area contributed by atoms with Crippen LogP contribution in [-0.2, 0) is 9.59 Å². The molecule has 1 aromatic carbocycles. The van der Waals surface area contributed by atoms with E-state index in [4.69, 9.17) is 4.74 Å². The summed E-state index contributed by atoms with van der Waals surface area (Å²) < 4.78 is 5.20. The molecule has 2 aromatic rings. The third kappa shape index (κ3) is 5.13. The van der Waals surface area contributed by atoms with Crippen molar-refractivity contribution in [3.05, 3.63) is 36.4 Å². The number of hydrogen-bond acceptors (Lipinski definition) is 6. The van der Waals surface area contributed by atoms with Gasteiger partial charge in [0.25, 0.3) is 0 Å². The molecule has 1 saturated carbocycles. The first kappa shape index (κ1) is 21.1. The van der Waals surface area contributed by atoms with E-state index in [1.807, 2.05) is 41.3 Å². The molecule has 1 aliphatic heterocycles. The Balaban J connectivity index is 1.35. The molecule has 0 unspecified atom stereocenters. The van der Waals surface area contributed by atoms with Crippen molar-refractivity contribution >= 4 is 17.6 Å². The van der Waals surface area contributed by atoms with Crippen LogP contribution in [0.4, 0.5) is 5.82 Å². The number of hydrogen-bond donors (Lipinski definition) is 0. The Morgan fingerprint density at radius 1 is 1.03 bits per heavy atom. The number of amides is 2. The van der Waals surface area contributed by atoms with Gasteiger partial charge in [0.1, 0.15) is 5.75 Å². The van der Waals surface area contributed by atoms with Crippen molar-refractivity contribution in [3.8, 4) is 17.0 Å². The van der Waals surface area contributed by atoms with Crippen molar-refractivity contribution in [2.45, 2.75) is 32.2 Å². The van der Waals surface area contributed by atoms with Crippen molar-refractivity contribution in [2.75, 3.05) is 44.7 Å². The summed E-state index contributed by atoms with van der Waals surface area (Å²) in [6.07, 6.45) is 2.87. The van der Waals surface area contributed by atoms with Gasteiger partial charge in [-0.05, 0) is 55.7 Å². The van der Waals surface area contributed by atoms with E-state index in [-0.39, 0.29) is 24.4 Å². The monoisotopic (exact) mass is 423 g/mol. The quantitative estimate of drug-likeness (QED) is 0.709. The van der Waals surface area contributed by atoms with Gasteiger partial charge in [0.05, 0.1) is 19.3 Å². The molecule has 0 radical (unpaired) electrons. The van der Waals surface area contributed by atoms with E-state index in [1.54, 1.807) is 18.9 Å². The lowest BCUT2D eigenvalue weighted by molar-refractivity contribution is -0.139. The van der Waals surface area contributed by atoms with Gasteiger partial charge in [-0.1, -0.05) is 0 Å². The molecule has 2 heterocycles. The largest absolute Gasteiger partial charge is 0.497 e. The molecule has 31 heavy (non-hydrogen) atoms. The van der Waals surface area contributed by atoms with Gasteiger partial charge in [-0.3, -0.25) is 9.59 Å². The maximum Gasteiger partial charge on any atom is 0.242 e. The minimum Gasteiger partial charge on any atom is -0.497 e. The normalized spacial score (nSPS) is 16.6. The zero-order valence-electron chi connectivity index (χ0n) is 18.2. The smallest absolute Gasteiger partial charge is 0.242 e. The van der Waals surface area contributed by atoms with Crippen LogP contribution in [-0.4, -0.2) is 77.7 Å². The average molecular weight is 424 g/mol. The summed E-state index contributed by atoms with van der Waals surface area (Å²) in [6.45, 7) is 4.58. The van der Waals surface area contributed by atoms with E-state index in [9.17, 15) is 9.59 Å². The van der Waals surface area contributed by atoms with Crippen molar-refractivity contribution in [1.82, 2.24) is 20.0 Å². The SMILES string of the molecule is COc1ccc(-c2ccc(N3CCCN(C(=O)CN(C(C)=O)C4CC4)CC3)nn2)cc1. The highest BCUT2D eigenvalue weighted by Crippen LogP contribution is 2.27. The van der Waals surface area contributed by atoms with Crippen LogP contribution in [0.1, 0.15) is 26.2 Å². The molecule has 4 rings (SSSR count). The number of benzene rings is 1. The van der Waals surface area contributed by atoms with Gasteiger partial charge >= 0.3 is 0 Å². The maximum absolute atomic E-state index is 12.8. The predicted molar refractivity (Wildman–Crippen MR) is 118 cm³/mol. The van der Waals surface area contributed by atoms with Crippen LogP contribution in [0.2, 0.25) is 0 Å². The topological polar surface area (TPSA) is 78.9 Å². The molecule has 2 aliphatic rings. The minimum atomic E-state index is -0.0143. The number of anilines is 1. The van der Waals surface area contributed by atoms with Crippen molar-refractivity contribution in [2.24, 2.45) is 0 Å². The summed E-state index contributed by atoms with van der Waals surface area (Å²) in [4.78, 5) is 30.4. The standard InChI is InChI=1S/C23H29N5O3/c1-17(29)28(19-6-7-19)16-23(30)27-13-3-12-26(14-15-27)22-11-10-21(24-25-22)18-4-8-20(31-2)9-5-18/h4-5,8-11,19H,3,6-7,12-16H2,1-2H3. The highest BCUT2D eigenvalue weighted by Gasteiger charge is 2.33. The molecule has 8 heteroatoms. The van der Waals surface area contributed by atoms with Gasteiger partial charge in [0, 0.05) is 44.7 Å². The van der Waals surface area contributed by atoms with Crippen molar-refractivity contribution in [3.63, 3.8) is 0 Å². The lowest BCUT2D eigenvalue weighted by Crippen LogP contribution is -2.44. The fourth-order valence-corrected chi connectivity index (χ4v) is 3.94. The first-order valence-electron chi connectivity index (χ1n) is 10.8. The van der Waals surface area contributed by atoms with Crippen LogP contribution in [0.5, 0.6) is 5.75 Å². The Morgan fingerprint density at radius 3 is 2.42 bits per heavy atom. The molecule has 2 amide bonds. The zero-order chi connectivity index (χ0) is 21.8. The number of aromatic nitrogens is 2. The molecule has 0 spiro atoms. The van der Waals surface area contributed by atoms with Crippen LogP contribution < -0.4 is 9.64 Å². The van der Waals surface area contributed by atoms with Crippen molar-refractivity contribution < 1.29 is 14.3 Å². The second-order valence-corrected chi connectivity index (χ2v) is 8.10. The highest BCUT2D eigenvalue weighted by molar-refractivity contribution is 5.84. The van der Waals surface area contributed by atoms with Gasteiger partial charge < -0.3 is 19.4 Å². The second-order valence-electron chi connectivity index (χ2n) is 8.10. The number of rotatable bonds is 6. The highest BCUT2D eigenvalue weighted by atomic mass is 16.5. The molecule has 1 aromatic heterocycles. The van der Waals surface area contributed by atoms with E-state index in [1.165, 1.54) is 0 Å². The Hall–Kier alpha value is -3.16. The average Bonchev–Trinajstić information content (AvgIpc) is 3.64. The summed E-state index contributed by atoms with van der Waals surface area (Å²) in [5.74, 6) is 1.64. The van der Waals surface area contributed by atoms with Crippen LogP contribution in [0, 0.1) is 0 Å². The van der Waals surface area contributed by atoms with Gasteiger partial charge in [0.15, 0.2) is 5.82 Å². The van der Waals surface area contributed by atoms with E-state index in [0.717, 1.165) is 48.6 Å². The lowest BCUT2D eigenvalue weighted by atomic mass is 10.1. The fraction of sp³-hybridized carbons (Fsp3) is 0.478. The molecule has 2 fully saturated rings. The summed E-state index contributed by atoms with van der Waals surface area (Å²) >= 11 is 0. The van der Waals surface area contributed by atoms with E-state index in [2.05, 4.69) is 15.1 Å². The van der Waals surface area contributed by atoms with E-state index in [0.29, 0.717) is 19.6 Å². The number of carbonyl (C=O) groups excluding carboxylic acids is 2. The third-order valence-electron chi connectivity index (χ3n) is 5.91. The van der Waals surface area contributed by atoms with Gasteiger partial charge in [-0.25, -0.2) is 0 Å². The van der Waals surface area contributed by atoms with Gasteiger partial charge in [-0.2, -0.15) is 0 Å². The molecular weight excluding hydrogens is 394 g/mol. The number of carbonyl (C=O) groups is 2. The minimum absolute atomic E-state index is 0.0143. The molecule has 0 atom stereocenters. The van der Waals surface area contributed by atoms with Crippen LogP contribution in [0.25, 0.3) is 11.3 Å². The number of ether oxygens (including phenoxy) is 1. The summed E-state index contributed by atoms with van der Waals surface area (Å²) in [7, 11) is 1.64. The Kier molecular flexibility index (Phi) is 6.34. The Labute approximate surface area is 182 Å². The van der Waals surface area contributed by atoms with Crippen LogP contribution >= 0.6 is 0 Å². The van der Waals surface area contributed by atoms with Crippen molar-refractivity contribution in [1.29, 1.82) is 0 Å². The van der Waals surface area contributed by atoms with Crippen LogP contribution in [0.3, 0.4) is 0 Å². The summed E-state index contributed by atoms with van der Waals surface area (Å²) in [6, 6.07) is 11.9. The number of nitrogens with zero attached hydrogens (tertiary/aromatic N) is 5. The maximum atomic E-state index is 12.8. The fourth-order valence-electron chi connectivity index (χ4n) is 3.94. The van der Waals surface area contributed by atoms with E-state index < -0.39 is 0 Å². The second kappa shape index (κ2) is 9.32. The predicted octanol–water partition coefficient (Wildman–Crippen LogP) is 2.20. The van der Waals surface area contributed by atoms with Crippen LogP contribution in [0.15, 0.2) is 36.4 Å². The summed E-state index contributed by atoms with van der Waals surface area (Å²) in [5, 5.41) is 8.82. The molecule has 1 aliphatic carbocycles. The van der Waals surface area contributed by atoms with E-state index >= 15 is 0 Å². The Bertz CT molecular complexity index is 912. The molecular formula is C23H29N5O3. The first-order valence-corrected chi connectivity index (χ1v) is 10.8. The molecule has 0 N–H and O–H groups in total. The molecule has 0 bridgehead atoms. The van der Waals surface area contributed by atoms with Gasteiger partial charge in [-0.15, -0.1) is 10.2 Å². The molecule has 1 saturated heterocycles.